The minimum Gasteiger partial charge on any atom is -0.490 e. The number of nitrogens with zero attached hydrogens (tertiary/aromatic N) is 1. The van der Waals surface area contributed by atoms with Crippen LogP contribution < -0.4 is 19.6 Å². The number of rotatable bonds is 10. The first-order valence-corrected chi connectivity index (χ1v) is 9.64. The topological polar surface area (TPSA) is 69.2 Å². The quantitative estimate of drug-likeness (QED) is 0.329. The first kappa shape index (κ1) is 21.5. The minimum absolute atomic E-state index is 0.358. The average molecular weight is 447 g/mol. The summed E-state index contributed by atoms with van der Waals surface area (Å²) in [6.07, 6.45) is 3.19. The highest BCUT2D eigenvalue weighted by Crippen LogP contribution is 2.28. The third-order valence-corrected chi connectivity index (χ3v) is 4.00. The predicted molar refractivity (Wildman–Crippen MR) is 114 cm³/mol. The van der Waals surface area contributed by atoms with Crippen molar-refractivity contribution in [3.05, 3.63) is 64.7 Å². The van der Waals surface area contributed by atoms with Gasteiger partial charge in [0, 0.05) is 15.6 Å². The van der Waals surface area contributed by atoms with E-state index in [1.165, 1.54) is 6.21 Å². The molecule has 148 valence electrons. The molecule has 1 amide bonds. The van der Waals surface area contributed by atoms with Crippen LogP contribution >= 0.6 is 15.9 Å². The van der Waals surface area contributed by atoms with E-state index in [1.807, 2.05) is 32.0 Å². The largest absolute Gasteiger partial charge is 0.490 e. The van der Waals surface area contributed by atoms with Gasteiger partial charge in [-0.3, -0.25) is 4.79 Å². The molecule has 0 aliphatic carbocycles. The van der Waals surface area contributed by atoms with Gasteiger partial charge in [-0.05, 0) is 50.2 Å². The Labute approximate surface area is 173 Å². The Morgan fingerprint density at radius 3 is 2.50 bits per heavy atom. The molecule has 0 spiro atoms. The molecule has 0 fully saturated rings. The number of hydrogen-bond donors (Lipinski definition) is 1. The highest BCUT2D eigenvalue weighted by atomic mass is 79.9. The van der Waals surface area contributed by atoms with Gasteiger partial charge in [0.15, 0.2) is 11.5 Å². The van der Waals surface area contributed by atoms with Gasteiger partial charge in [0.25, 0.3) is 5.91 Å². The molecule has 1 N–H and O–H groups in total. The molecule has 0 aliphatic heterocycles. The Balaban J connectivity index is 2.12. The molecular formula is C21H23BrN2O4. The Morgan fingerprint density at radius 2 is 1.79 bits per heavy atom. The highest BCUT2D eigenvalue weighted by molar-refractivity contribution is 9.10. The molecule has 0 heterocycles. The van der Waals surface area contributed by atoms with Gasteiger partial charge >= 0.3 is 0 Å². The highest BCUT2D eigenvalue weighted by Gasteiger charge is 2.11. The van der Waals surface area contributed by atoms with Crippen molar-refractivity contribution in [3.63, 3.8) is 0 Å². The molecule has 0 radical (unpaired) electrons. The molecule has 0 aliphatic rings. The second-order valence-electron chi connectivity index (χ2n) is 5.51. The normalized spacial score (nSPS) is 10.5. The van der Waals surface area contributed by atoms with Crippen molar-refractivity contribution in [2.75, 3.05) is 19.8 Å². The molecule has 0 bridgehead atoms. The zero-order chi connectivity index (χ0) is 20.4. The van der Waals surface area contributed by atoms with Crippen molar-refractivity contribution in [1.82, 2.24) is 5.43 Å². The molecule has 0 aromatic heterocycles. The monoisotopic (exact) mass is 446 g/mol. The number of amides is 1. The van der Waals surface area contributed by atoms with Crippen LogP contribution in [0.3, 0.4) is 0 Å². The number of benzene rings is 2. The van der Waals surface area contributed by atoms with Gasteiger partial charge in [0.1, 0.15) is 12.4 Å². The molecule has 2 aromatic rings. The van der Waals surface area contributed by atoms with Crippen LogP contribution in [0.5, 0.6) is 17.2 Å². The zero-order valence-corrected chi connectivity index (χ0v) is 17.5. The maximum Gasteiger partial charge on any atom is 0.271 e. The molecule has 0 atom stereocenters. The lowest BCUT2D eigenvalue weighted by molar-refractivity contribution is 0.0954. The van der Waals surface area contributed by atoms with Gasteiger partial charge in [0.05, 0.1) is 19.4 Å². The maximum absolute atomic E-state index is 12.4. The fourth-order valence-electron chi connectivity index (χ4n) is 2.32. The molecule has 0 saturated heterocycles. The van der Waals surface area contributed by atoms with Crippen molar-refractivity contribution in [2.45, 2.75) is 13.8 Å². The van der Waals surface area contributed by atoms with E-state index in [4.69, 9.17) is 14.2 Å². The summed E-state index contributed by atoms with van der Waals surface area (Å²) in [6, 6.07) is 10.5. The molecule has 0 unspecified atom stereocenters. The van der Waals surface area contributed by atoms with Crippen LogP contribution in [-0.2, 0) is 0 Å². The van der Waals surface area contributed by atoms with Crippen molar-refractivity contribution in [1.29, 1.82) is 0 Å². The lowest BCUT2D eigenvalue weighted by atomic mass is 10.2. The Bertz CT molecular complexity index is 852. The van der Waals surface area contributed by atoms with E-state index in [9.17, 15) is 4.79 Å². The van der Waals surface area contributed by atoms with Crippen LogP contribution in [0.15, 0.2) is 58.6 Å². The van der Waals surface area contributed by atoms with Crippen molar-refractivity contribution >= 4 is 28.1 Å². The number of carbonyl (C=O) groups is 1. The summed E-state index contributed by atoms with van der Waals surface area (Å²) in [5.41, 5.74) is 3.65. The summed E-state index contributed by atoms with van der Waals surface area (Å²) in [5.74, 6) is 1.40. The molecule has 2 rings (SSSR count). The molecule has 0 saturated carbocycles. The Kier molecular flexibility index (Phi) is 8.55. The second-order valence-corrected chi connectivity index (χ2v) is 6.42. The smallest absolute Gasteiger partial charge is 0.271 e. The van der Waals surface area contributed by atoms with E-state index in [0.717, 1.165) is 10.0 Å². The maximum atomic E-state index is 12.4. The van der Waals surface area contributed by atoms with E-state index in [2.05, 4.69) is 33.0 Å². The summed E-state index contributed by atoms with van der Waals surface area (Å²) >= 11 is 3.41. The number of ether oxygens (including phenoxy) is 3. The van der Waals surface area contributed by atoms with Crippen LogP contribution in [0.1, 0.15) is 29.8 Å². The Hall–Kier alpha value is -2.80. The number of nitrogens with one attached hydrogen (secondary N) is 1. The summed E-state index contributed by atoms with van der Waals surface area (Å²) in [6.45, 7) is 8.76. The lowest BCUT2D eigenvalue weighted by Gasteiger charge is -2.11. The van der Waals surface area contributed by atoms with Gasteiger partial charge in [-0.1, -0.05) is 28.6 Å². The van der Waals surface area contributed by atoms with Crippen LogP contribution in [0, 0.1) is 0 Å². The third-order valence-electron chi connectivity index (χ3n) is 3.50. The van der Waals surface area contributed by atoms with E-state index < -0.39 is 0 Å². The predicted octanol–water partition coefficient (Wildman–Crippen LogP) is 4.58. The Morgan fingerprint density at radius 1 is 1.07 bits per heavy atom. The summed E-state index contributed by atoms with van der Waals surface area (Å²) < 4.78 is 17.5. The van der Waals surface area contributed by atoms with E-state index >= 15 is 0 Å². The molecule has 7 heteroatoms. The van der Waals surface area contributed by atoms with Crippen LogP contribution in [-0.4, -0.2) is 31.9 Å². The summed E-state index contributed by atoms with van der Waals surface area (Å²) in [4.78, 5) is 12.4. The van der Waals surface area contributed by atoms with Crippen molar-refractivity contribution < 1.29 is 19.0 Å². The van der Waals surface area contributed by atoms with E-state index in [-0.39, 0.29) is 5.91 Å². The SMILES string of the molecule is C=CCOc1ccc(Br)cc1/C=N/NC(=O)c1ccc(OCC)c(OCC)c1. The van der Waals surface area contributed by atoms with Crippen LogP contribution in [0.25, 0.3) is 0 Å². The van der Waals surface area contributed by atoms with Crippen LogP contribution in [0.4, 0.5) is 0 Å². The first-order chi connectivity index (χ1) is 13.6. The van der Waals surface area contributed by atoms with E-state index in [0.29, 0.717) is 42.6 Å². The summed E-state index contributed by atoms with van der Waals surface area (Å²) in [5, 5.41) is 4.04. The zero-order valence-electron chi connectivity index (χ0n) is 15.9. The molecule has 28 heavy (non-hydrogen) atoms. The van der Waals surface area contributed by atoms with Crippen molar-refractivity contribution in [2.24, 2.45) is 5.10 Å². The first-order valence-electron chi connectivity index (χ1n) is 8.85. The number of carbonyl (C=O) groups excluding carboxylic acids is 1. The van der Waals surface area contributed by atoms with E-state index in [1.54, 1.807) is 24.3 Å². The van der Waals surface area contributed by atoms with Gasteiger partial charge in [0.2, 0.25) is 0 Å². The molecule has 6 nitrogen and oxygen atoms in total. The average Bonchev–Trinajstić information content (AvgIpc) is 2.69. The number of hydrazone groups is 1. The second kappa shape index (κ2) is 11.1. The van der Waals surface area contributed by atoms with Crippen LogP contribution in [0.2, 0.25) is 0 Å². The molecule has 2 aromatic carbocycles. The van der Waals surface area contributed by atoms with Gasteiger partial charge in [-0.25, -0.2) is 5.43 Å². The fraction of sp³-hybridized carbons (Fsp3) is 0.238. The number of hydrogen-bond acceptors (Lipinski definition) is 5. The molecular weight excluding hydrogens is 424 g/mol. The lowest BCUT2D eigenvalue weighted by Crippen LogP contribution is -2.18. The van der Waals surface area contributed by atoms with Gasteiger partial charge in [-0.15, -0.1) is 0 Å². The summed E-state index contributed by atoms with van der Waals surface area (Å²) in [7, 11) is 0. The standard InChI is InChI=1S/C21H23BrN2O4/c1-4-11-28-18-10-8-17(22)12-16(18)14-23-24-21(25)15-7-9-19(26-5-2)20(13-15)27-6-3/h4,7-10,12-14H,1,5-6,11H2,2-3H3,(H,24,25)/b23-14+. The minimum atomic E-state index is -0.358. The third kappa shape index (κ3) is 6.13. The van der Waals surface area contributed by atoms with Crippen molar-refractivity contribution in [3.8, 4) is 17.2 Å². The fourth-order valence-corrected chi connectivity index (χ4v) is 2.70. The van der Waals surface area contributed by atoms with Gasteiger partial charge < -0.3 is 14.2 Å². The number of halogens is 1. The van der Waals surface area contributed by atoms with Gasteiger partial charge in [-0.2, -0.15) is 5.10 Å².